The van der Waals surface area contributed by atoms with E-state index >= 15 is 0 Å². The van der Waals surface area contributed by atoms with Gasteiger partial charge in [0.2, 0.25) is 11.8 Å². The molecular weight excluding hydrogens is 330 g/mol. The summed E-state index contributed by atoms with van der Waals surface area (Å²) < 4.78 is 5.40. The molecule has 4 heterocycles. The number of piperidine rings is 1. The fraction of sp³-hybridized carbons (Fsp3) is 0.579. The van der Waals surface area contributed by atoms with Crippen LogP contribution < -0.4 is 4.90 Å². The van der Waals surface area contributed by atoms with Crippen LogP contribution in [0.15, 0.2) is 29.0 Å². The first-order valence-electron chi connectivity index (χ1n) is 9.50. The highest BCUT2D eigenvalue weighted by Crippen LogP contribution is 2.43. The first-order valence-corrected chi connectivity index (χ1v) is 9.50. The smallest absolute Gasteiger partial charge is 0.266 e. The van der Waals surface area contributed by atoms with Gasteiger partial charge in [-0.1, -0.05) is 6.07 Å². The largest absolute Gasteiger partial charge is 0.338 e. The van der Waals surface area contributed by atoms with Crippen molar-refractivity contribution >= 4 is 11.9 Å². The van der Waals surface area contributed by atoms with E-state index in [1.54, 1.807) is 6.20 Å². The highest BCUT2D eigenvalue weighted by atomic mass is 16.5. The van der Waals surface area contributed by atoms with Gasteiger partial charge in [0.15, 0.2) is 0 Å². The van der Waals surface area contributed by atoms with Crippen molar-refractivity contribution < 1.29 is 9.32 Å². The molecular formula is C19H23N5O2. The Labute approximate surface area is 152 Å². The zero-order valence-electron chi connectivity index (χ0n) is 14.8. The molecule has 1 spiro atoms. The Bertz CT molecular complexity index is 803. The van der Waals surface area contributed by atoms with E-state index in [0.29, 0.717) is 25.0 Å². The molecule has 7 heteroatoms. The molecule has 3 aliphatic rings. The molecule has 0 N–H and O–H groups in total. The minimum Gasteiger partial charge on any atom is -0.338 e. The van der Waals surface area contributed by atoms with Gasteiger partial charge in [-0.3, -0.25) is 9.78 Å². The summed E-state index contributed by atoms with van der Waals surface area (Å²) in [6.45, 7) is 2.97. The third-order valence-electron chi connectivity index (χ3n) is 5.91. The number of hydrogen-bond acceptors (Lipinski definition) is 6. The monoisotopic (exact) mass is 353 g/mol. The van der Waals surface area contributed by atoms with Crippen LogP contribution in [-0.2, 0) is 11.3 Å². The zero-order valence-corrected chi connectivity index (χ0v) is 14.8. The Morgan fingerprint density at radius 3 is 3.00 bits per heavy atom. The molecule has 1 aliphatic carbocycles. The van der Waals surface area contributed by atoms with Crippen molar-refractivity contribution in [2.45, 2.75) is 44.6 Å². The molecule has 5 rings (SSSR count). The summed E-state index contributed by atoms with van der Waals surface area (Å²) in [5.74, 6) is 2.13. The van der Waals surface area contributed by atoms with Gasteiger partial charge in [-0.05, 0) is 48.9 Å². The summed E-state index contributed by atoms with van der Waals surface area (Å²) >= 11 is 0. The second-order valence-electron chi connectivity index (χ2n) is 7.85. The maximum Gasteiger partial charge on any atom is 0.266 e. The number of hydrogen-bond donors (Lipinski definition) is 0. The summed E-state index contributed by atoms with van der Waals surface area (Å²) in [5.41, 5.74) is 0.779. The minimum atomic E-state index is -0.305. The number of nitrogens with zero attached hydrogens (tertiary/aromatic N) is 5. The van der Waals surface area contributed by atoms with E-state index in [4.69, 9.17) is 4.52 Å². The summed E-state index contributed by atoms with van der Waals surface area (Å²) in [5, 5.41) is 4.16. The average Bonchev–Trinajstić information content (AvgIpc) is 3.24. The Morgan fingerprint density at radius 2 is 2.19 bits per heavy atom. The number of amides is 1. The first-order chi connectivity index (χ1) is 12.7. The molecule has 136 valence electrons. The van der Waals surface area contributed by atoms with Gasteiger partial charge in [0, 0.05) is 44.5 Å². The molecule has 2 aromatic rings. The van der Waals surface area contributed by atoms with E-state index < -0.39 is 0 Å². The van der Waals surface area contributed by atoms with E-state index in [-0.39, 0.29) is 11.3 Å². The summed E-state index contributed by atoms with van der Waals surface area (Å²) in [6, 6.07) is 3.95. The van der Waals surface area contributed by atoms with Crippen LogP contribution in [0.4, 0.5) is 5.95 Å². The van der Waals surface area contributed by atoms with E-state index in [9.17, 15) is 4.79 Å². The van der Waals surface area contributed by atoms with Crippen molar-refractivity contribution in [3.05, 3.63) is 36.0 Å². The lowest BCUT2D eigenvalue weighted by atomic mass is 9.78. The SMILES string of the molecule is O=C1N(Cc2cccnc2)CCC[C@@]12CCN(c1noc(C3CC3)n1)C2. The van der Waals surface area contributed by atoms with Crippen LogP contribution in [0, 0.1) is 5.41 Å². The van der Waals surface area contributed by atoms with Crippen LogP contribution in [0.5, 0.6) is 0 Å². The number of carbonyl (C=O) groups excluding carboxylic acids is 1. The van der Waals surface area contributed by atoms with E-state index in [1.807, 2.05) is 23.2 Å². The molecule has 2 saturated heterocycles. The second kappa shape index (κ2) is 6.07. The number of anilines is 1. The topological polar surface area (TPSA) is 75.4 Å². The molecule has 0 bridgehead atoms. The number of carbonyl (C=O) groups is 1. The third-order valence-corrected chi connectivity index (χ3v) is 5.91. The van der Waals surface area contributed by atoms with Crippen molar-refractivity contribution in [3.8, 4) is 0 Å². The summed E-state index contributed by atoms with van der Waals surface area (Å²) in [4.78, 5) is 26.1. The molecule has 2 aromatic heterocycles. The van der Waals surface area contributed by atoms with Crippen LogP contribution in [0.3, 0.4) is 0 Å². The normalized spacial score (nSPS) is 26.1. The van der Waals surface area contributed by atoms with Crippen LogP contribution >= 0.6 is 0 Å². The summed E-state index contributed by atoms with van der Waals surface area (Å²) in [6.07, 6.45) is 8.74. The lowest BCUT2D eigenvalue weighted by molar-refractivity contribution is -0.145. The van der Waals surface area contributed by atoms with Crippen molar-refractivity contribution in [2.24, 2.45) is 5.41 Å². The number of aromatic nitrogens is 3. The Morgan fingerprint density at radius 1 is 1.27 bits per heavy atom. The lowest BCUT2D eigenvalue weighted by Gasteiger charge is -2.39. The van der Waals surface area contributed by atoms with Crippen LogP contribution in [0.25, 0.3) is 0 Å². The number of pyridine rings is 1. The van der Waals surface area contributed by atoms with Crippen LogP contribution in [-0.4, -0.2) is 45.6 Å². The van der Waals surface area contributed by atoms with E-state index in [1.165, 1.54) is 0 Å². The molecule has 0 aromatic carbocycles. The van der Waals surface area contributed by atoms with Gasteiger partial charge in [-0.2, -0.15) is 4.98 Å². The van der Waals surface area contributed by atoms with Crippen molar-refractivity contribution in [3.63, 3.8) is 0 Å². The van der Waals surface area contributed by atoms with Crippen molar-refractivity contribution in [2.75, 3.05) is 24.5 Å². The van der Waals surface area contributed by atoms with Crippen LogP contribution in [0.1, 0.15) is 49.5 Å². The Hall–Kier alpha value is -2.44. The Balaban J connectivity index is 1.31. The van der Waals surface area contributed by atoms with Gasteiger partial charge in [0.05, 0.1) is 5.41 Å². The maximum atomic E-state index is 13.3. The first kappa shape index (κ1) is 15.8. The van der Waals surface area contributed by atoms with Crippen LogP contribution in [0.2, 0.25) is 0 Å². The van der Waals surface area contributed by atoms with Gasteiger partial charge in [-0.25, -0.2) is 0 Å². The predicted molar refractivity (Wildman–Crippen MR) is 94.4 cm³/mol. The number of rotatable bonds is 4. The molecule has 26 heavy (non-hydrogen) atoms. The quantitative estimate of drug-likeness (QED) is 0.840. The lowest BCUT2D eigenvalue weighted by Crippen LogP contribution is -2.49. The van der Waals surface area contributed by atoms with Gasteiger partial charge in [0.1, 0.15) is 0 Å². The fourth-order valence-electron chi connectivity index (χ4n) is 4.29. The molecule has 1 amide bonds. The molecule has 7 nitrogen and oxygen atoms in total. The number of likely N-dealkylation sites (tertiary alicyclic amines) is 1. The van der Waals surface area contributed by atoms with E-state index in [2.05, 4.69) is 20.0 Å². The van der Waals surface area contributed by atoms with Gasteiger partial charge in [0.25, 0.3) is 5.95 Å². The highest BCUT2D eigenvalue weighted by Gasteiger charge is 2.49. The molecule has 0 unspecified atom stereocenters. The van der Waals surface area contributed by atoms with E-state index in [0.717, 1.165) is 56.6 Å². The zero-order chi connectivity index (χ0) is 17.6. The van der Waals surface area contributed by atoms with Gasteiger partial charge >= 0.3 is 0 Å². The molecule has 0 radical (unpaired) electrons. The standard InChI is InChI=1S/C19H23N5O2/c25-17-19(6-2-9-23(17)12-14-3-1-8-20-11-14)7-10-24(13-19)18-21-16(26-22-18)15-4-5-15/h1,3,8,11,15H,2,4-7,9-10,12-13H2/t19-/m0/s1. The van der Waals surface area contributed by atoms with Crippen molar-refractivity contribution in [1.29, 1.82) is 0 Å². The molecule has 1 atom stereocenters. The van der Waals surface area contributed by atoms with Gasteiger partial charge < -0.3 is 14.3 Å². The predicted octanol–water partition coefficient (Wildman–Crippen LogP) is 2.36. The minimum absolute atomic E-state index is 0.265. The highest BCUT2D eigenvalue weighted by molar-refractivity contribution is 5.85. The third kappa shape index (κ3) is 2.75. The molecule has 1 saturated carbocycles. The van der Waals surface area contributed by atoms with Gasteiger partial charge in [-0.15, -0.1) is 0 Å². The second-order valence-corrected chi connectivity index (χ2v) is 7.85. The summed E-state index contributed by atoms with van der Waals surface area (Å²) in [7, 11) is 0. The van der Waals surface area contributed by atoms with Crippen molar-refractivity contribution in [1.82, 2.24) is 20.0 Å². The molecule has 2 aliphatic heterocycles. The average molecular weight is 353 g/mol. The maximum absolute atomic E-state index is 13.3. The Kier molecular flexibility index (Phi) is 3.69. The fourth-order valence-corrected chi connectivity index (χ4v) is 4.29. The molecule has 3 fully saturated rings.